The maximum atomic E-state index is 13.2. The van der Waals surface area contributed by atoms with Gasteiger partial charge in [-0.15, -0.1) is 0 Å². The molecule has 156 valence electrons. The number of nitrogens with one attached hydrogen (secondary N) is 2. The van der Waals surface area contributed by atoms with Gasteiger partial charge in [0.2, 0.25) is 0 Å². The number of rotatable bonds is 4. The number of aromatic nitrogens is 1. The zero-order valence-corrected chi connectivity index (χ0v) is 17.8. The Bertz CT molecular complexity index is 1070. The number of carbonyl (C=O) groups excluding carboxylic acids is 2. The number of hydrogen-bond donors (Lipinski definition) is 2. The van der Waals surface area contributed by atoms with Gasteiger partial charge in [0.05, 0.1) is 12.2 Å². The standard InChI is InChI=1S/C23H26N4O3/c1-5-15-7-6-13-10-27(22(24)20(13)25-15)11-18(28)14-8-16(23(2,3)4)21-17(9-14)26-19(29)12-30-21/h6-9,24H,5,10-12H2,1-4H3,(H,26,29). The van der Waals surface area contributed by atoms with Gasteiger partial charge in [0.1, 0.15) is 17.3 Å². The van der Waals surface area contributed by atoms with Gasteiger partial charge in [0.15, 0.2) is 12.4 Å². The van der Waals surface area contributed by atoms with Crippen LogP contribution in [0.4, 0.5) is 5.69 Å². The van der Waals surface area contributed by atoms with Crippen LogP contribution in [0, 0.1) is 5.41 Å². The molecule has 2 aliphatic heterocycles. The normalized spacial score (nSPS) is 15.4. The number of anilines is 1. The lowest BCUT2D eigenvalue weighted by Gasteiger charge is -2.28. The Morgan fingerprint density at radius 3 is 2.77 bits per heavy atom. The summed E-state index contributed by atoms with van der Waals surface area (Å²) in [6.45, 7) is 8.70. The lowest BCUT2D eigenvalue weighted by molar-refractivity contribution is -0.118. The maximum absolute atomic E-state index is 13.2. The third-order valence-corrected chi connectivity index (χ3v) is 5.48. The molecule has 4 rings (SSSR count). The second-order valence-corrected chi connectivity index (χ2v) is 8.78. The van der Waals surface area contributed by atoms with Crippen molar-refractivity contribution in [3.8, 4) is 5.75 Å². The van der Waals surface area contributed by atoms with Crippen molar-refractivity contribution in [2.75, 3.05) is 18.5 Å². The van der Waals surface area contributed by atoms with E-state index in [4.69, 9.17) is 10.1 Å². The number of amides is 1. The first-order valence-electron chi connectivity index (χ1n) is 10.1. The molecule has 2 aromatic rings. The maximum Gasteiger partial charge on any atom is 0.262 e. The fourth-order valence-electron chi connectivity index (χ4n) is 3.81. The highest BCUT2D eigenvalue weighted by atomic mass is 16.5. The molecule has 0 unspecified atom stereocenters. The van der Waals surface area contributed by atoms with Gasteiger partial charge < -0.3 is 15.0 Å². The quantitative estimate of drug-likeness (QED) is 0.760. The third kappa shape index (κ3) is 3.56. The molecule has 30 heavy (non-hydrogen) atoms. The minimum absolute atomic E-state index is 0.0285. The highest BCUT2D eigenvalue weighted by Gasteiger charge is 2.31. The molecular weight excluding hydrogens is 380 g/mol. The molecule has 0 bridgehead atoms. The number of fused-ring (bicyclic) bond motifs is 2. The Hall–Kier alpha value is -3.22. The van der Waals surface area contributed by atoms with Gasteiger partial charge >= 0.3 is 0 Å². The van der Waals surface area contributed by atoms with Crippen LogP contribution in [0.5, 0.6) is 5.75 Å². The van der Waals surface area contributed by atoms with Crippen molar-refractivity contribution in [2.45, 2.75) is 46.1 Å². The number of nitrogens with zero attached hydrogens (tertiary/aromatic N) is 2. The topological polar surface area (TPSA) is 95.4 Å². The number of benzene rings is 1. The fourth-order valence-corrected chi connectivity index (χ4v) is 3.81. The predicted octanol–water partition coefficient (Wildman–Crippen LogP) is 3.30. The highest BCUT2D eigenvalue weighted by molar-refractivity contribution is 6.06. The lowest BCUT2D eigenvalue weighted by atomic mass is 9.84. The van der Waals surface area contributed by atoms with Crippen LogP contribution in [0.1, 0.15) is 60.6 Å². The van der Waals surface area contributed by atoms with Gasteiger partial charge in [-0.2, -0.15) is 0 Å². The smallest absolute Gasteiger partial charge is 0.262 e. The van der Waals surface area contributed by atoms with Gasteiger partial charge in [-0.3, -0.25) is 15.0 Å². The number of amidine groups is 1. The molecule has 0 atom stereocenters. The molecule has 7 heteroatoms. The van der Waals surface area contributed by atoms with E-state index in [1.54, 1.807) is 11.0 Å². The van der Waals surface area contributed by atoms with E-state index in [1.165, 1.54) is 0 Å². The van der Waals surface area contributed by atoms with Crippen molar-refractivity contribution in [3.63, 3.8) is 0 Å². The fraction of sp³-hybridized carbons (Fsp3) is 0.391. The monoisotopic (exact) mass is 406 g/mol. The number of Topliss-reactive ketones (excluding diaryl/α,β-unsaturated/α-hetero) is 1. The highest BCUT2D eigenvalue weighted by Crippen LogP contribution is 2.40. The van der Waals surface area contributed by atoms with E-state index in [9.17, 15) is 9.59 Å². The van der Waals surface area contributed by atoms with Crippen molar-refractivity contribution in [3.05, 3.63) is 52.3 Å². The van der Waals surface area contributed by atoms with E-state index in [2.05, 4.69) is 10.3 Å². The SMILES string of the molecule is CCc1ccc2c(n1)C(=N)N(CC(=O)c1cc3c(c(C(C)(C)C)c1)OCC(=O)N3)C2. The molecule has 0 saturated heterocycles. The molecule has 3 heterocycles. The summed E-state index contributed by atoms with van der Waals surface area (Å²) in [6.07, 6.45) is 0.804. The van der Waals surface area contributed by atoms with E-state index in [-0.39, 0.29) is 36.1 Å². The van der Waals surface area contributed by atoms with Gasteiger partial charge in [0, 0.05) is 28.9 Å². The van der Waals surface area contributed by atoms with Gasteiger partial charge in [-0.05, 0) is 30.0 Å². The summed E-state index contributed by atoms with van der Waals surface area (Å²) in [5, 5.41) is 11.3. The molecule has 1 aromatic carbocycles. The van der Waals surface area contributed by atoms with E-state index < -0.39 is 0 Å². The number of ketones is 1. The van der Waals surface area contributed by atoms with Crippen LogP contribution < -0.4 is 10.1 Å². The molecule has 2 N–H and O–H groups in total. The Morgan fingerprint density at radius 1 is 1.30 bits per heavy atom. The lowest BCUT2D eigenvalue weighted by Crippen LogP contribution is -2.31. The van der Waals surface area contributed by atoms with Crippen LogP contribution in [-0.4, -0.2) is 40.6 Å². The number of aryl methyl sites for hydroxylation is 1. The number of carbonyl (C=O) groups is 2. The predicted molar refractivity (Wildman–Crippen MR) is 114 cm³/mol. The molecule has 0 aliphatic carbocycles. The van der Waals surface area contributed by atoms with Crippen molar-refractivity contribution in [1.29, 1.82) is 5.41 Å². The zero-order valence-electron chi connectivity index (χ0n) is 17.8. The van der Waals surface area contributed by atoms with Crippen LogP contribution in [0.15, 0.2) is 24.3 Å². The van der Waals surface area contributed by atoms with Crippen LogP contribution >= 0.6 is 0 Å². The summed E-state index contributed by atoms with van der Waals surface area (Å²) >= 11 is 0. The molecule has 0 fully saturated rings. The first-order chi connectivity index (χ1) is 14.2. The van der Waals surface area contributed by atoms with Crippen LogP contribution in [-0.2, 0) is 23.2 Å². The Kier molecular flexibility index (Phi) is 4.84. The first-order valence-corrected chi connectivity index (χ1v) is 10.1. The largest absolute Gasteiger partial charge is 0.481 e. The summed E-state index contributed by atoms with van der Waals surface area (Å²) in [4.78, 5) is 31.3. The van der Waals surface area contributed by atoms with Crippen LogP contribution in [0.3, 0.4) is 0 Å². The Morgan fingerprint density at radius 2 is 2.07 bits per heavy atom. The van der Waals surface area contributed by atoms with Crippen LogP contribution in [0.25, 0.3) is 0 Å². The van der Waals surface area contributed by atoms with Crippen molar-refractivity contribution in [2.24, 2.45) is 0 Å². The summed E-state index contributed by atoms with van der Waals surface area (Å²) in [5.41, 5.74) is 4.19. The van der Waals surface area contributed by atoms with Crippen molar-refractivity contribution >= 4 is 23.2 Å². The van der Waals surface area contributed by atoms with Gasteiger partial charge in [0.25, 0.3) is 5.91 Å². The van der Waals surface area contributed by atoms with Crippen molar-refractivity contribution < 1.29 is 14.3 Å². The minimum Gasteiger partial charge on any atom is -0.481 e. The average molecular weight is 406 g/mol. The second-order valence-electron chi connectivity index (χ2n) is 8.78. The number of pyridine rings is 1. The molecule has 0 radical (unpaired) electrons. The summed E-state index contributed by atoms with van der Waals surface area (Å²) < 4.78 is 5.67. The summed E-state index contributed by atoms with van der Waals surface area (Å²) in [7, 11) is 0. The molecule has 7 nitrogen and oxygen atoms in total. The van der Waals surface area contributed by atoms with E-state index in [1.807, 2.05) is 45.9 Å². The van der Waals surface area contributed by atoms with E-state index in [0.717, 1.165) is 23.2 Å². The second kappa shape index (κ2) is 7.23. The summed E-state index contributed by atoms with van der Waals surface area (Å²) in [5.74, 6) is 0.550. The molecule has 1 amide bonds. The zero-order chi connectivity index (χ0) is 21.6. The van der Waals surface area contributed by atoms with Gasteiger partial charge in [-0.1, -0.05) is 33.8 Å². The first kappa shape index (κ1) is 20.1. The Labute approximate surface area is 176 Å². The molecule has 0 saturated carbocycles. The minimum atomic E-state index is -0.264. The van der Waals surface area contributed by atoms with Crippen molar-refractivity contribution in [1.82, 2.24) is 9.88 Å². The molecule has 1 aromatic heterocycles. The summed E-state index contributed by atoms with van der Waals surface area (Å²) in [6, 6.07) is 7.48. The number of hydrogen-bond acceptors (Lipinski definition) is 5. The number of ether oxygens (including phenoxy) is 1. The van der Waals surface area contributed by atoms with E-state index in [0.29, 0.717) is 29.2 Å². The molecule has 2 aliphatic rings. The Balaban J connectivity index is 1.62. The van der Waals surface area contributed by atoms with E-state index >= 15 is 0 Å². The molecule has 0 spiro atoms. The molecular formula is C23H26N4O3. The van der Waals surface area contributed by atoms with Gasteiger partial charge in [-0.25, -0.2) is 4.98 Å². The third-order valence-electron chi connectivity index (χ3n) is 5.48. The average Bonchev–Trinajstić information content (AvgIpc) is 3.00. The van der Waals surface area contributed by atoms with Crippen LogP contribution in [0.2, 0.25) is 0 Å².